The summed E-state index contributed by atoms with van der Waals surface area (Å²) in [5.74, 6) is 1.60. The van der Waals surface area contributed by atoms with Crippen molar-refractivity contribution in [2.24, 2.45) is 0 Å². The Labute approximate surface area is 160 Å². The fourth-order valence-corrected chi connectivity index (χ4v) is 3.65. The zero-order valence-electron chi connectivity index (χ0n) is 14.1. The number of urea groups is 1. The van der Waals surface area contributed by atoms with E-state index in [1.165, 1.54) is 11.3 Å². The Morgan fingerprint density at radius 3 is 2.62 bits per heavy atom. The van der Waals surface area contributed by atoms with E-state index in [-0.39, 0.29) is 6.03 Å². The fraction of sp³-hybridized carbons (Fsp3) is 0.167. The van der Waals surface area contributed by atoms with Gasteiger partial charge in [0.25, 0.3) is 0 Å². The van der Waals surface area contributed by atoms with Crippen LogP contribution in [-0.4, -0.2) is 28.6 Å². The molecule has 0 unspecified atom stereocenters. The van der Waals surface area contributed by atoms with E-state index >= 15 is 0 Å². The van der Waals surface area contributed by atoms with E-state index in [9.17, 15) is 4.79 Å². The molecule has 0 aliphatic rings. The number of anilines is 2. The van der Waals surface area contributed by atoms with Crippen LogP contribution in [0.15, 0.2) is 58.9 Å². The van der Waals surface area contributed by atoms with Crippen LogP contribution < -0.4 is 15.4 Å². The van der Waals surface area contributed by atoms with E-state index in [1.807, 2.05) is 61.5 Å². The molecule has 26 heavy (non-hydrogen) atoms. The normalized spacial score (nSPS) is 10.3. The zero-order chi connectivity index (χ0) is 18.2. The SMILES string of the molecule is Cc1ccc(NC(=O)Nc2nnc(SCCOc3ccccc3)s2)cc1. The van der Waals surface area contributed by atoms with Crippen LogP contribution in [0.1, 0.15) is 5.56 Å². The van der Waals surface area contributed by atoms with Crippen LogP contribution in [0.25, 0.3) is 0 Å². The molecule has 0 aliphatic heterocycles. The molecule has 1 aromatic heterocycles. The average molecular weight is 387 g/mol. The van der Waals surface area contributed by atoms with Crippen LogP contribution in [0.3, 0.4) is 0 Å². The molecular formula is C18H18N4O2S2. The Kier molecular flexibility index (Phi) is 6.45. The van der Waals surface area contributed by atoms with Crippen LogP contribution in [0.4, 0.5) is 15.6 Å². The number of rotatable bonds is 7. The van der Waals surface area contributed by atoms with Crippen molar-refractivity contribution in [1.29, 1.82) is 0 Å². The molecule has 6 nitrogen and oxygen atoms in total. The lowest BCUT2D eigenvalue weighted by atomic mass is 10.2. The van der Waals surface area contributed by atoms with Crippen molar-refractivity contribution in [2.45, 2.75) is 11.3 Å². The van der Waals surface area contributed by atoms with Gasteiger partial charge in [-0.15, -0.1) is 10.2 Å². The number of hydrogen-bond donors (Lipinski definition) is 2. The topological polar surface area (TPSA) is 76.1 Å². The van der Waals surface area contributed by atoms with Crippen LogP contribution in [-0.2, 0) is 0 Å². The highest BCUT2D eigenvalue weighted by molar-refractivity contribution is 8.01. The molecule has 0 radical (unpaired) electrons. The molecule has 134 valence electrons. The number of nitrogens with zero attached hydrogens (tertiary/aromatic N) is 2. The number of thioether (sulfide) groups is 1. The molecule has 0 spiro atoms. The second kappa shape index (κ2) is 9.21. The van der Waals surface area contributed by atoms with Gasteiger partial charge in [0.2, 0.25) is 5.13 Å². The Morgan fingerprint density at radius 2 is 1.85 bits per heavy atom. The molecular weight excluding hydrogens is 368 g/mol. The van der Waals surface area contributed by atoms with Gasteiger partial charge in [-0.3, -0.25) is 5.32 Å². The number of hydrogen-bond acceptors (Lipinski definition) is 6. The van der Waals surface area contributed by atoms with Gasteiger partial charge in [-0.25, -0.2) is 4.79 Å². The van der Waals surface area contributed by atoms with Gasteiger partial charge in [-0.2, -0.15) is 0 Å². The van der Waals surface area contributed by atoms with E-state index in [4.69, 9.17) is 4.74 Å². The Bertz CT molecular complexity index is 838. The van der Waals surface area contributed by atoms with Gasteiger partial charge in [0, 0.05) is 11.4 Å². The number of aryl methyl sites for hydroxylation is 1. The monoisotopic (exact) mass is 386 g/mol. The summed E-state index contributed by atoms with van der Waals surface area (Å²) in [5, 5.41) is 14.0. The summed E-state index contributed by atoms with van der Waals surface area (Å²) in [7, 11) is 0. The first-order chi connectivity index (χ1) is 12.7. The summed E-state index contributed by atoms with van der Waals surface area (Å²) >= 11 is 2.88. The number of para-hydroxylation sites is 1. The minimum absolute atomic E-state index is 0.339. The molecule has 2 N–H and O–H groups in total. The van der Waals surface area contributed by atoms with Gasteiger partial charge in [-0.1, -0.05) is 59.0 Å². The summed E-state index contributed by atoms with van der Waals surface area (Å²) < 4.78 is 6.41. The number of carbonyl (C=O) groups is 1. The van der Waals surface area contributed by atoms with Crippen molar-refractivity contribution in [2.75, 3.05) is 23.0 Å². The summed E-state index contributed by atoms with van der Waals surface area (Å²) in [6.45, 7) is 2.57. The molecule has 0 saturated heterocycles. The highest BCUT2D eigenvalue weighted by Gasteiger charge is 2.09. The van der Waals surface area contributed by atoms with Crippen LogP contribution in [0.2, 0.25) is 0 Å². The Hall–Kier alpha value is -2.58. The lowest BCUT2D eigenvalue weighted by Gasteiger charge is -2.05. The van der Waals surface area contributed by atoms with Crippen LogP contribution in [0, 0.1) is 6.92 Å². The number of aromatic nitrogens is 2. The molecule has 2 amide bonds. The first-order valence-corrected chi connectivity index (χ1v) is 9.78. The zero-order valence-corrected chi connectivity index (χ0v) is 15.8. The predicted octanol–water partition coefficient (Wildman–Crippen LogP) is 4.66. The molecule has 0 fully saturated rings. The number of amides is 2. The summed E-state index contributed by atoms with van der Waals surface area (Å²) in [4.78, 5) is 12.0. The maximum atomic E-state index is 12.0. The number of ether oxygens (including phenoxy) is 1. The summed E-state index contributed by atoms with van der Waals surface area (Å²) in [5.41, 5.74) is 1.86. The molecule has 0 saturated carbocycles. The molecule has 2 aromatic carbocycles. The lowest BCUT2D eigenvalue weighted by molar-refractivity contribution is 0.262. The van der Waals surface area contributed by atoms with Gasteiger partial charge in [0.15, 0.2) is 4.34 Å². The van der Waals surface area contributed by atoms with Crippen molar-refractivity contribution < 1.29 is 9.53 Å². The van der Waals surface area contributed by atoms with Gasteiger partial charge in [0.1, 0.15) is 5.75 Å². The van der Waals surface area contributed by atoms with Gasteiger partial charge >= 0.3 is 6.03 Å². The predicted molar refractivity (Wildman–Crippen MR) is 106 cm³/mol. The third-order valence-corrected chi connectivity index (χ3v) is 5.19. The molecule has 1 heterocycles. The molecule has 3 aromatic rings. The minimum atomic E-state index is -0.339. The third-order valence-electron chi connectivity index (χ3n) is 3.26. The smallest absolute Gasteiger partial charge is 0.325 e. The van der Waals surface area contributed by atoms with Crippen molar-refractivity contribution in [1.82, 2.24) is 10.2 Å². The van der Waals surface area contributed by atoms with Crippen molar-refractivity contribution in [3.05, 3.63) is 60.2 Å². The number of benzene rings is 2. The average Bonchev–Trinajstić information content (AvgIpc) is 3.09. The van der Waals surface area contributed by atoms with Gasteiger partial charge in [-0.05, 0) is 31.2 Å². The van der Waals surface area contributed by atoms with Crippen molar-refractivity contribution >= 4 is 39.9 Å². The minimum Gasteiger partial charge on any atom is -0.493 e. The molecule has 0 bridgehead atoms. The third kappa shape index (κ3) is 5.75. The molecule has 8 heteroatoms. The second-order valence-electron chi connectivity index (χ2n) is 5.33. The van der Waals surface area contributed by atoms with E-state index in [0.717, 1.165) is 27.1 Å². The second-order valence-corrected chi connectivity index (χ2v) is 7.65. The highest BCUT2D eigenvalue weighted by Crippen LogP contribution is 2.25. The van der Waals surface area contributed by atoms with E-state index in [1.54, 1.807) is 11.8 Å². The van der Waals surface area contributed by atoms with Crippen molar-refractivity contribution in [3.8, 4) is 5.75 Å². The van der Waals surface area contributed by atoms with Crippen LogP contribution >= 0.6 is 23.1 Å². The molecule has 0 aliphatic carbocycles. The molecule has 0 atom stereocenters. The van der Waals surface area contributed by atoms with Crippen LogP contribution in [0.5, 0.6) is 5.75 Å². The highest BCUT2D eigenvalue weighted by atomic mass is 32.2. The summed E-state index contributed by atoms with van der Waals surface area (Å²) in [6.07, 6.45) is 0. The first kappa shape index (κ1) is 18.2. The fourth-order valence-electron chi connectivity index (χ4n) is 2.02. The van der Waals surface area contributed by atoms with E-state index in [0.29, 0.717) is 11.7 Å². The van der Waals surface area contributed by atoms with Crippen molar-refractivity contribution in [3.63, 3.8) is 0 Å². The number of carbonyl (C=O) groups excluding carboxylic acids is 1. The maximum Gasteiger partial charge on any atom is 0.325 e. The largest absolute Gasteiger partial charge is 0.493 e. The Balaban J connectivity index is 1.41. The summed E-state index contributed by atoms with van der Waals surface area (Å²) in [6, 6.07) is 16.9. The van der Waals surface area contributed by atoms with E-state index < -0.39 is 0 Å². The molecule has 3 rings (SSSR count). The van der Waals surface area contributed by atoms with Gasteiger partial charge < -0.3 is 10.1 Å². The van der Waals surface area contributed by atoms with Gasteiger partial charge in [0.05, 0.1) is 6.61 Å². The maximum absolute atomic E-state index is 12.0. The van der Waals surface area contributed by atoms with E-state index in [2.05, 4.69) is 20.8 Å². The number of nitrogens with one attached hydrogen (secondary N) is 2. The quantitative estimate of drug-likeness (QED) is 0.351. The standard InChI is InChI=1S/C18H18N4O2S2/c1-13-7-9-14(10-8-13)19-16(23)20-17-21-22-18(26-17)25-12-11-24-15-5-3-2-4-6-15/h2-10H,11-12H2,1H3,(H2,19,20,21,23). The lowest BCUT2D eigenvalue weighted by Crippen LogP contribution is -2.19. The first-order valence-electron chi connectivity index (χ1n) is 7.98. The Morgan fingerprint density at radius 1 is 1.08 bits per heavy atom.